The van der Waals surface area contributed by atoms with Crippen LogP contribution in [0, 0.1) is 0 Å². The third-order valence-electron chi connectivity index (χ3n) is 2.09. The molecule has 0 amide bonds. The van der Waals surface area contributed by atoms with Crippen molar-refractivity contribution in [2.75, 3.05) is 14.2 Å². The third kappa shape index (κ3) is 2.90. The molecule has 88 valence electrons. The van der Waals surface area contributed by atoms with Gasteiger partial charge >= 0.3 is 0 Å². The summed E-state index contributed by atoms with van der Waals surface area (Å²) < 4.78 is 10.3. The Hall–Kier alpha value is -1.19. The first-order valence-corrected chi connectivity index (χ1v) is 5.32. The van der Waals surface area contributed by atoms with Crippen molar-refractivity contribution in [2.24, 2.45) is 5.73 Å². The van der Waals surface area contributed by atoms with Crippen molar-refractivity contribution < 1.29 is 9.47 Å². The van der Waals surface area contributed by atoms with Crippen LogP contribution in [-0.4, -0.2) is 20.3 Å². The standard InChI is InChI=1S/C12H16ClNO2/c1-8(14)4-5-9-6-7-10(15-2)12(16-3)11(9)13/h4-8H,14H2,1-3H3/b5-4+. The van der Waals surface area contributed by atoms with E-state index in [1.165, 1.54) is 0 Å². The average Bonchev–Trinajstić information content (AvgIpc) is 2.26. The van der Waals surface area contributed by atoms with Gasteiger partial charge in [0.2, 0.25) is 0 Å². The first-order chi connectivity index (χ1) is 7.60. The number of ether oxygens (including phenoxy) is 2. The quantitative estimate of drug-likeness (QED) is 0.882. The summed E-state index contributed by atoms with van der Waals surface area (Å²) in [7, 11) is 3.13. The summed E-state index contributed by atoms with van der Waals surface area (Å²) in [5, 5.41) is 0.527. The summed E-state index contributed by atoms with van der Waals surface area (Å²) in [5.74, 6) is 1.15. The number of rotatable bonds is 4. The second kappa shape index (κ2) is 5.77. The van der Waals surface area contributed by atoms with Crippen LogP contribution < -0.4 is 15.2 Å². The van der Waals surface area contributed by atoms with Crippen molar-refractivity contribution in [3.05, 3.63) is 28.8 Å². The van der Waals surface area contributed by atoms with Crippen molar-refractivity contribution in [1.82, 2.24) is 0 Å². The van der Waals surface area contributed by atoms with E-state index in [0.29, 0.717) is 16.5 Å². The molecule has 0 saturated carbocycles. The number of halogens is 1. The number of hydrogen-bond acceptors (Lipinski definition) is 3. The van der Waals surface area contributed by atoms with Crippen LogP contribution in [0.1, 0.15) is 12.5 Å². The van der Waals surface area contributed by atoms with E-state index >= 15 is 0 Å². The Kier molecular flexibility index (Phi) is 4.65. The zero-order valence-corrected chi connectivity index (χ0v) is 10.4. The Morgan fingerprint density at radius 2 is 2.00 bits per heavy atom. The van der Waals surface area contributed by atoms with Gasteiger partial charge in [-0.25, -0.2) is 0 Å². The molecule has 0 aromatic heterocycles. The molecule has 1 unspecified atom stereocenters. The van der Waals surface area contributed by atoms with E-state index < -0.39 is 0 Å². The van der Waals surface area contributed by atoms with Crippen LogP contribution in [0.2, 0.25) is 5.02 Å². The second-order valence-electron chi connectivity index (χ2n) is 3.42. The van der Waals surface area contributed by atoms with Gasteiger partial charge in [0, 0.05) is 6.04 Å². The molecule has 0 heterocycles. The van der Waals surface area contributed by atoms with E-state index in [0.717, 1.165) is 5.56 Å². The van der Waals surface area contributed by atoms with E-state index in [4.69, 9.17) is 26.8 Å². The van der Waals surface area contributed by atoms with Crippen LogP contribution in [0.25, 0.3) is 6.08 Å². The largest absolute Gasteiger partial charge is 0.493 e. The summed E-state index contributed by atoms with van der Waals surface area (Å²) >= 11 is 6.18. The normalized spacial score (nSPS) is 12.8. The average molecular weight is 242 g/mol. The molecule has 0 aliphatic rings. The van der Waals surface area contributed by atoms with Crippen molar-refractivity contribution in [3.8, 4) is 11.5 Å². The molecule has 1 rings (SSSR count). The maximum atomic E-state index is 6.18. The molecule has 1 atom stereocenters. The molecular weight excluding hydrogens is 226 g/mol. The van der Waals surface area contributed by atoms with Gasteiger partial charge in [-0.15, -0.1) is 0 Å². The van der Waals surface area contributed by atoms with Gasteiger partial charge in [0.05, 0.1) is 19.2 Å². The molecule has 0 aliphatic heterocycles. The summed E-state index contributed by atoms with van der Waals surface area (Å²) in [5.41, 5.74) is 6.49. The predicted octanol–water partition coefficient (Wildman–Crippen LogP) is 2.72. The van der Waals surface area contributed by atoms with Gasteiger partial charge in [-0.3, -0.25) is 0 Å². The molecule has 0 bridgehead atoms. The maximum absolute atomic E-state index is 6.18. The van der Waals surface area contributed by atoms with Gasteiger partial charge in [0.1, 0.15) is 0 Å². The van der Waals surface area contributed by atoms with Gasteiger partial charge in [0.15, 0.2) is 11.5 Å². The van der Waals surface area contributed by atoms with Crippen LogP contribution in [0.15, 0.2) is 18.2 Å². The number of methoxy groups -OCH3 is 2. The van der Waals surface area contributed by atoms with E-state index in [-0.39, 0.29) is 6.04 Å². The minimum absolute atomic E-state index is 0.0100. The smallest absolute Gasteiger partial charge is 0.179 e. The molecule has 0 saturated heterocycles. The molecule has 1 aromatic rings. The highest BCUT2D eigenvalue weighted by molar-refractivity contribution is 6.33. The number of nitrogens with two attached hydrogens (primary N) is 1. The summed E-state index contributed by atoms with van der Waals surface area (Å²) in [6.07, 6.45) is 3.74. The lowest BCUT2D eigenvalue weighted by Crippen LogP contribution is -2.09. The molecule has 1 aromatic carbocycles. The summed E-state index contributed by atoms with van der Waals surface area (Å²) in [6, 6.07) is 3.66. The van der Waals surface area contributed by atoms with Crippen LogP contribution in [0.5, 0.6) is 11.5 Å². The van der Waals surface area contributed by atoms with E-state index in [1.807, 2.05) is 31.2 Å². The first-order valence-electron chi connectivity index (χ1n) is 4.94. The molecule has 2 N–H and O–H groups in total. The van der Waals surface area contributed by atoms with E-state index in [1.54, 1.807) is 14.2 Å². The van der Waals surface area contributed by atoms with Gasteiger partial charge < -0.3 is 15.2 Å². The fourth-order valence-electron chi connectivity index (χ4n) is 1.29. The predicted molar refractivity (Wildman–Crippen MR) is 67.2 cm³/mol. The third-order valence-corrected chi connectivity index (χ3v) is 2.48. The summed E-state index contributed by atoms with van der Waals surface area (Å²) in [6.45, 7) is 1.89. The lowest BCUT2D eigenvalue weighted by Gasteiger charge is -2.11. The molecule has 0 radical (unpaired) electrons. The highest BCUT2D eigenvalue weighted by Crippen LogP contribution is 2.37. The van der Waals surface area contributed by atoms with E-state index in [9.17, 15) is 0 Å². The maximum Gasteiger partial charge on any atom is 0.179 e. The van der Waals surface area contributed by atoms with Crippen molar-refractivity contribution in [1.29, 1.82) is 0 Å². The zero-order chi connectivity index (χ0) is 12.1. The molecule has 3 nitrogen and oxygen atoms in total. The molecular formula is C12H16ClNO2. The lowest BCUT2D eigenvalue weighted by atomic mass is 10.1. The fraction of sp³-hybridized carbons (Fsp3) is 0.333. The minimum atomic E-state index is -0.0100. The summed E-state index contributed by atoms with van der Waals surface area (Å²) in [4.78, 5) is 0. The topological polar surface area (TPSA) is 44.5 Å². The Balaban J connectivity index is 3.14. The van der Waals surface area contributed by atoms with Crippen molar-refractivity contribution in [2.45, 2.75) is 13.0 Å². The first kappa shape index (κ1) is 12.9. The Morgan fingerprint density at radius 1 is 1.31 bits per heavy atom. The molecule has 0 spiro atoms. The zero-order valence-electron chi connectivity index (χ0n) is 9.66. The lowest BCUT2D eigenvalue weighted by molar-refractivity contribution is 0.355. The number of hydrogen-bond donors (Lipinski definition) is 1. The van der Waals surface area contributed by atoms with Crippen molar-refractivity contribution >= 4 is 17.7 Å². The van der Waals surface area contributed by atoms with Gasteiger partial charge in [0.25, 0.3) is 0 Å². The van der Waals surface area contributed by atoms with Gasteiger partial charge in [-0.2, -0.15) is 0 Å². The minimum Gasteiger partial charge on any atom is -0.493 e. The molecule has 4 heteroatoms. The monoisotopic (exact) mass is 241 g/mol. The SMILES string of the molecule is COc1ccc(/C=C/C(C)N)c(Cl)c1OC. The Bertz CT molecular complexity index is 389. The van der Waals surface area contributed by atoms with Crippen LogP contribution >= 0.6 is 11.6 Å². The Labute approximate surface area is 101 Å². The van der Waals surface area contributed by atoms with Crippen LogP contribution in [0.3, 0.4) is 0 Å². The van der Waals surface area contributed by atoms with Crippen LogP contribution in [0.4, 0.5) is 0 Å². The van der Waals surface area contributed by atoms with Gasteiger partial charge in [-0.1, -0.05) is 23.8 Å². The van der Waals surface area contributed by atoms with E-state index in [2.05, 4.69) is 0 Å². The molecule has 0 aliphatic carbocycles. The van der Waals surface area contributed by atoms with Crippen LogP contribution in [-0.2, 0) is 0 Å². The second-order valence-corrected chi connectivity index (χ2v) is 3.80. The molecule has 16 heavy (non-hydrogen) atoms. The fourth-order valence-corrected chi connectivity index (χ4v) is 1.58. The highest BCUT2D eigenvalue weighted by Gasteiger charge is 2.11. The van der Waals surface area contributed by atoms with Gasteiger partial charge in [-0.05, 0) is 24.6 Å². The number of benzene rings is 1. The molecule has 0 fully saturated rings. The Morgan fingerprint density at radius 3 is 2.50 bits per heavy atom. The van der Waals surface area contributed by atoms with Crippen molar-refractivity contribution in [3.63, 3.8) is 0 Å². The highest BCUT2D eigenvalue weighted by atomic mass is 35.5.